The van der Waals surface area contributed by atoms with Crippen molar-refractivity contribution in [3.8, 4) is 0 Å². The maximum Gasteiger partial charge on any atom is 0.322 e. The van der Waals surface area contributed by atoms with Gasteiger partial charge in [-0.15, -0.1) is 0 Å². The quantitative estimate of drug-likeness (QED) is 0.909. The number of hydrogen-bond acceptors (Lipinski definition) is 5. The van der Waals surface area contributed by atoms with E-state index in [4.69, 9.17) is 4.52 Å². The largest absolute Gasteiger partial charge is 0.339 e. The van der Waals surface area contributed by atoms with Gasteiger partial charge in [-0.1, -0.05) is 31.8 Å². The number of nitrogens with one attached hydrogen (secondary N) is 1. The van der Waals surface area contributed by atoms with E-state index < -0.39 is 0 Å². The third-order valence-corrected chi connectivity index (χ3v) is 4.54. The third-order valence-electron chi connectivity index (χ3n) is 4.54. The number of anilines is 1. The molecule has 2 aromatic rings. The highest BCUT2D eigenvalue weighted by Crippen LogP contribution is 2.30. The van der Waals surface area contributed by atoms with Crippen molar-refractivity contribution in [3.63, 3.8) is 0 Å². The molecule has 1 atom stereocenters. The number of aromatic nitrogens is 3. The predicted molar refractivity (Wildman–Crippen MR) is 94.3 cm³/mol. The molecule has 2 aromatic heterocycles. The molecule has 25 heavy (non-hydrogen) atoms. The average molecular weight is 343 g/mol. The molecule has 0 bridgehead atoms. The molecule has 3 rings (SSSR count). The molecule has 0 unspecified atom stereocenters. The minimum absolute atomic E-state index is 0.140. The van der Waals surface area contributed by atoms with Gasteiger partial charge in [-0.05, 0) is 31.4 Å². The van der Waals surface area contributed by atoms with Gasteiger partial charge >= 0.3 is 6.03 Å². The van der Waals surface area contributed by atoms with Gasteiger partial charge in [0.1, 0.15) is 0 Å². The van der Waals surface area contributed by atoms with E-state index in [2.05, 4.69) is 20.4 Å². The Kier molecular flexibility index (Phi) is 5.31. The standard InChI is InChI=1S/C18H25N5O2/c1-12(2)17-21-16(22-25-17)15-7-5-4-6-10-23(15)18(24)20-14-11-19-9-8-13(14)3/h8-9,11-12,15H,4-7,10H2,1-3H3,(H,20,24)/t15-/m1/s1. The number of carbonyl (C=O) groups is 1. The van der Waals surface area contributed by atoms with Crippen molar-refractivity contribution in [1.29, 1.82) is 0 Å². The topological polar surface area (TPSA) is 84.2 Å². The minimum Gasteiger partial charge on any atom is -0.339 e. The fraction of sp³-hybridized carbons (Fsp3) is 0.556. The lowest BCUT2D eigenvalue weighted by Crippen LogP contribution is -2.38. The number of pyridine rings is 1. The first-order chi connectivity index (χ1) is 12.1. The number of aryl methyl sites for hydroxylation is 1. The summed E-state index contributed by atoms with van der Waals surface area (Å²) in [6.45, 7) is 6.66. The third kappa shape index (κ3) is 3.97. The Morgan fingerprint density at radius 1 is 1.36 bits per heavy atom. The van der Waals surface area contributed by atoms with E-state index in [1.165, 1.54) is 0 Å². The summed E-state index contributed by atoms with van der Waals surface area (Å²) >= 11 is 0. The molecular weight excluding hydrogens is 318 g/mol. The van der Waals surface area contributed by atoms with Gasteiger partial charge in [-0.2, -0.15) is 4.98 Å². The van der Waals surface area contributed by atoms with Crippen LogP contribution in [0.15, 0.2) is 23.0 Å². The van der Waals surface area contributed by atoms with Crippen LogP contribution in [0.1, 0.15) is 68.8 Å². The summed E-state index contributed by atoms with van der Waals surface area (Å²) in [6, 6.07) is 1.58. The van der Waals surface area contributed by atoms with E-state index in [9.17, 15) is 4.79 Å². The van der Waals surface area contributed by atoms with Crippen LogP contribution < -0.4 is 5.32 Å². The summed E-state index contributed by atoms with van der Waals surface area (Å²) in [5.74, 6) is 1.39. The van der Waals surface area contributed by atoms with Gasteiger partial charge in [-0.3, -0.25) is 4.98 Å². The van der Waals surface area contributed by atoms with Gasteiger partial charge in [0, 0.05) is 18.7 Å². The number of nitrogens with zero attached hydrogens (tertiary/aromatic N) is 4. The second-order valence-electron chi connectivity index (χ2n) is 6.82. The van der Waals surface area contributed by atoms with Crippen molar-refractivity contribution in [2.24, 2.45) is 0 Å². The molecule has 3 heterocycles. The lowest BCUT2D eigenvalue weighted by molar-refractivity contribution is 0.184. The Balaban J connectivity index is 1.82. The van der Waals surface area contributed by atoms with Crippen molar-refractivity contribution in [2.75, 3.05) is 11.9 Å². The summed E-state index contributed by atoms with van der Waals surface area (Å²) in [6.07, 6.45) is 7.35. The first-order valence-corrected chi connectivity index (χ1v) is 8.88. The average Bonchev–Trinajstić information content (AvgIpc) is 2.95. The molecule has 1 N–H and O–H groups in total. The highest BCUT2D eigenvalue weighted by molar-refractivity contribution is 5.90. The molecule has 134 valence electrons. The zero-order chi connectivity index (χ0) is 17.8. The van der Waals surface area contributed by atoms with Gasteiger partial charge in [-0.25, -0.2) is 4.79 Å². The molecule has 1 aliphatic rings. The number of amides is 2. The lowest BCUT2D eigenvalue weighted by atomic mass is 10.1. The molecular formula is C18H25N5O2. The van der Waals surface area contributed by atoms with Crippen LogP contribution in [0.2, 0.25) is 0 Å². The summed E-state index contributed by atoms with van der Waals surface area (Å²) in [5, 5.41) is 7.12. The number of hydrogen-bond donors (Lipinski definition) is 1. The number of carbonyl (C=O) groups excluding carboxylic acids is 1. The van der Waals surface area contributed by atoms with Crippen LogP contribution in [-0.4, -0.2) is 32.6 Å². The summed E-state index contributed by atoms with van der Waals surface area (Å²) < 4.78 is 5.36. The van der Waals surface area contributed by atoms with Crippen LogP contribution in [0.4, 0.5) is 10.5 Å². The van der Waals surface area contributed by atoms with Crippen molar-refractivity contribution in [3.05, 3.63) is 35.7 Å². The van der Waals surface area contributed by atoms with Crippen molar-refractivity contribution in [2.45, 2.75) is 58.4 Å². The fourth-order valence-electron chi connectivity index (χ4n) is 3.02. The highest BCUT2D eigenvalue weighted by Gasteiger charge is 2.31. The van der Waals surface area contributed by atoms with Crippen molar-refractivity contribution < 1.29 is 9.32 Å². The van der Waals surface area contributed by atoms with Crippen LogP contribution in [0.25, 0.3) is 0 Å². The molecule has 0 saturated carbocycles. The predicted octanol–water partition coefficient (Wildman–Crippen LogP) is 4.05. The van der Waals surface area contributed by atoms with Gasteiger partial charge in [0.15, 0.2) is 5.82 Å². The fourth-order valence-corrected chi connectivity index (χ4v) is 3.02. The van der Waals surface area contributed by atoms with Crippen LogP contribution in [0.3, 0.4) is 0 Å². The Hall–Kier alpha value is -2.44. The summed E-state index contributed by atoms with van der Waals surface area (Å²) in [7, 11) is 0. The first kappa shape index (κ1) is 17.4. The first-order valence-electron chi connectivity index (χ1n) is 8.88. The van der Waals surface area contributed by atoms with Crippen molar-refractivity contribution in [1.82, 2.24) is 20.0 Å². The second-order valence-corrected chi connectivity index (χ2v) is 6.82. The Labute approximate surface area is 147 Å². The number of urea groups is 1. The zero-order valence-corrected chi connectivity index (χ0v) is 15.0. The Bertz CT molecular complexity index is 728. The van der Waals surface area contributed by atoms with Gasteiger partial charge in [0.2, 0.25) is 5.89 Å². The minimum atomic E-state index is -0.157. The molecule has 1 aliphatic heterocycles. The SMILES string of the molecule is Cc1ccncc1NC(=O)N1CCCCC[C@@H]1c1noc(C(C)C)n1. The molecule has 0 aliphatic carbocycles. The number of likely N-dealkylation sites (tertiary alicyclic amines) is 1. The number of rotatable bonds is 3. The van der Waals surface area contributed by atoms with E-state index >= 15 is 0 Å². The van der Waals surface area contributed by atoms with Crippen molar-refractivity contribution >= 4 is 11.7 Å². The molecule has 0 aromatic carbocycles. The van der Waals surface area contributed by atoms with E-state index in [1.54, 1.807) is 12.4 Å². The highest BCUT2D eigenvalue weighted by atomic mass is 16.5. The van der Waals surface area contributed by atoms with Crippen LogP contribution in [0, 0.1) is 6.92 Å². The summed E-state index contributed by atoms with van der Waals surface area (Å²) in [4.78, 5) is 23.3. The van der Waals surface area contributed by atoms with E-state index in [0.29, 0.717) is 18.3 Å². The Morgan fingerprint density at radius 3 is 2.92 bits per heavy atom. The van der Waals surface area contributed by atoms with Crippen LogP contribution >= 0.6 is 0 Å². The lowest BCUT2D eigenvalue weighted by Gasteiger charge is -2.28. The van der Waals surface area contributed by atoms with Gasteiger partial charge < -0.3 is 14.7 Å². The maximum atomic E-state index is 12.9. The zero-order valence-electron chi connectivity index (χ0n) is 15.0. The maximum absolute atomic E-state index is 12.9. The molecule has 7 nitrogen and oxygen atoms in total. The Morgan fingerprint density at radius 2 is 2.20 bits per heavy atom. The molecule has 2 amide bonds. The van der Waals surface area contributed by atoms with Crippen LogP contribution in [0.5, 0.6) is 0 Å². The molecule has 0 spiro atoms. The van der Waals surface area contributed by atoms with Crippen LogP contribution in [-0.2, 0) is 0 Å². The van der Waals surface area contributed by atoms with E-state index in [1.807, 2.05) is 31.7 Å². The molecule has 0 radical (unpaired) electrons. The monoisotopic (exact) mass is 343 g/mol. The smallest absolute Gasteiger partial charge is 0.322 e. The second kappa shape index (κ2) is 7.63. The normalized spacial score (nSPS) is 18.2. The van der Waals surface area contributed by atoms with E-state index in [-0.39, 0.29) is 18.0 Å². The molecule has 7 heteroatoms. The molecule has 1 fully saturated rings. The van der Waals surface area contributed by atoms with Gasteiger partial charge in [0.05, 0.1) is 17.9 Å². The molecule has 1 saturated heterocycles. The summed E-state index contributed by atoms with van der Waals surface area (Å²) in [5.41, 5.74) is 1.71. The van der Waals surface area contributed by atoms with E-state index in [0.717, 1.165) is 36.9 Å². The van der Waals surface area contributed by atoms with Gasteiger partial charge in [0.25, 0.3) is 0 Å².